The second-order valence-electron chi connectivity index (χ2n) is 6.45. The molecule has 0 bridgehead atoms. The summed E-state index contributed by atoms with van der Waals surface area (Å²) >= 11 is 0. The molecule has 0 spiro atoms. The van der Waals surface area contributed by atoms with Crippen molar-refractivity contribution >= 4 is 0 Å². The van der Waals surface area contributed by atoms with Gasteiger partial charge in [-0.15, -0.1) is 5.10 Å². The summed E-state index contributed by atoms with van der Waals surface area (Å²) in [4.78, 5) is 2.36. The van der Waals surface area contributed by atoms with Crippen molar-refractivity contribution in [3.63, 3.8) is 0 Å². The number of nitrogens with one attached hydrogen (secondary N) is 1. The molecule has 1 fully saturated rings. The summed E-state index contributed by atoms with van der Waals surface area (Å²) in [5.41, 5.74) is 2.28. The summed E-state index contributed by atoms with van der Waals surface area (Å²) in [5, 5.41) is 16.3. The van der Waals surface area contributed by atoms with Gasteiger partial charge >= 0.3 is 0 Å². The van der Waals surface area contributed by atoms with E-state index in [1.54, 1.807) is 0 Å². The molecule has 0 radical (unpaired) electrons. The number of piperidine rings is 1. The minimum atomic E-state index is 0.725. The second kappa shape index (κ2) is 7.70. The van der Waals surface area contributed by atoms with Crippen LogP contribution in [-0.2, 0) is 26.7 Å². The van der Waals surface area contributed by atoms with Crippen molar-refractivity contribution in [2.24, 2.45) is 13.0 Å². The number of nitrogens with zero attached hydrogens (tertiary/aromatic N) is 6. The summed E-state index contributed by atoms with van der Waals surface area (Å²) in [6, 6.07) is 0. The maximum absolute atomic E-state index is 4.35. The van der Waals surface area contributed by atoms with Gasteiger partial charge in [-0.1, -0.05) is 12.1 Å². The van der Waals surface area contributed by atoms with Crippen molar-refractivity contribution < 1.29 is 0 Å². The topological polar surface area (TPSA) is 63.8 Å². The fourth-order valence-electron chi connectivity index (χ4n) is 3.15. The fourth-order valence-corrected chi connectivity index (χ4v) is 3.15. The molecule has 7 heteroatoms. The van der Waals surface area contributed by atoms with Gasteiger partial charge in [0.05, 0.1) is 11.9 Å². The normalized spacial score (nSPS) is 16.3. The van der Waals surface area contributed by atoms with Gasteiger partial charge in [0.25, 0.3) is 0 Å². The summed E-state index contributed by atoms with van der Waals surface area (Å²) < 4.78 is 3.86. The first-order valence-corrected chi connectivity index (χ1v) is 8.52. The smallest absolute Gasteiger partial charge is 0.0967 e. The highest BCUT2D eigenvalue weighted by Gasteiger charge is 2.15. The van der Waals surface area contributed by atoms with E-state index in [9.17, 15) is 0 Å². The van der Waals surface area contributed by atoms with Crippen LogP contribution in [0.1, 0.15) is 31.0 Å². The van der Waals surface area contributed by atoms with Crippen molar-refractivity contribution in [2.45, 2.75) is 39.4 Å². The number of rotatable bonds is 7. The van der Waals surface area contributed by atoms with E-state index in [0.717, 1.165) is 50.9 Å². The Balaban J connectivity index is 1.54. The van der Waals surface area contributed by atoms with Crippen LogP contribution >= 0.6 is 0 Å². The van der Waals surface area contributed by atoms with Crippen molar-refractivity contribution in [1.82, 2.24) is 35.0 Å². The van der Waals surface area contributed by atoms with Crippen LogP contribution in [0.2, 0.25) is 0 Å². The third-order valence-corrected chi connectivity index (χ3v) is 4.49. The maximum atomic E-state index is 4.35. The number of hydrogen-bond donors (Lipinski definition) is 1. The summed E-state index contributed by atoms with van der Waals surface area (Å²) in [7, 11) is 1.95. The van der Waals surface area contributed by atoms with Crippen LogP contribution in [-0.4, -0.2) is 49.3 Å². The second-order valence-corrected chi connectivity index (χ2v) is 6.45. The lowest BCUT2D eigenvalue weighted by Gasteiger charge is -2.22. The molecule has 2 aromatic heterocycles. The molecule has 2 aromatic rings. The first-order chi connectivity index (χ1) is 11.2. The van der Waals surface area contributed by atoms with Gasteiger partial charge in [-0.05, 0) is 38.4 Å². The van der Waals surface area contributed by atoms with E-state index < -0.39 is 0 Å². The zero-order chi connectivity index (χ0) is 16.1. The van der Waals surface area contributed by atoms with Gasteiger partial charge in [-0.3, -0.25) is 14.3 Å². The molecule has 1 N–H and O–H groups in total. The van der Waals surface area contributed by atoms with Gasteiger partial charge < -0.3 is 5.32 Å². The zero-order valence-electron chi connectivity index (χ0n) is 14.1. The first kappa shape index (κ1) is 16.1. The van der Waals surface area contributed by atoms with Gasteiger partial charge in [0, 0.05) is 44.6 Å². The quantitative estimate of drug-likeness (QED) is 0.826. The highest BCUT2D eigenvalue weighted by Crippen LogP contribution is 2.14. The molecule has 1 aliphatic heterocycles. The van der Waals surface area contributed by atoms with E-state index in [4.69, 9.17) is 0 Å². The molecule has 7 nitrogen and oxygen atoms in total. The largest absolute Gasteiger partial charge is 0.317 e. The Morgan fingerprint density at radius 2 is 2.09 bits per heavy atom. The Hall–Kier alpha value is -1.73. The van der Waals surface area contributed by atoms with E-state index in [0.29, 0.717) is 0 Å². The van der Waals surface area contributed by atoms with Crippen LogP contribution in [0.3, 0.4) is 0 Å². The van der Waals surface area contributed by atoms with Crippen molar-refractivity contribution in [2.75, 3.05) is 19.6 Å². The average molecular weight is 317 g/mol. The Kier molecular flexibility index (Phi) is 5.40. The summed E-state index contributed by atoms with van der Waals surface area (Å²) in [6.45, 7) is 8.13. The lowest BCUT2D eigenvalue weighted by Crippen LogP contribution is -2.30. The zero-order valence-corrected chi connectivity index (χ0v) is 14.1. The lowest BCUT2D eigenvalue weighted by atomic mass is 9.98. The Morgan fingerprint density at radius 1 is 1.26 bits per heavy atom. The molecule has 1 aliphatic rings. The van der Waals surface area contributed by atoms with E-state index in [-0.39, 0.29) is 0 Å². The van der Waals surface area contributed by atoms with Crippen LogP contribution in [0.4, 0.5) is 0 Å². The average Bonchev–Trinajstić information content (AvgIpc) is 3.17. The van der Waals surface area contributed by atoms with Gasteiger partial charge in [0.15, 0.2) is 0 Å². The molecule has 23 heavy (non-hydrogen) atoms. The van der Waals surface area contributed by atoms with Crippen LogP contribution < -0.4 is 5.32 Å². The Morgan fingerprint density at radius 3 is 2.78 bits per heavy atom. The molecule has 126 valence electrons. The highest BCUT2D eigenvalue weighted by molar-refractivity contribution is 5.04. The number of aromatic nitrogens is 5. The molecule has 0 aromatic carbocycles. The molecule has 0 unspecified atom stereocenters. The fraction of sp³-hybridized carbons (Fsp3) is 0.688. The molecule has 3 rings (SSSR count). The molecular weight excluding hydrogens is 290 g/mol. The van der Waals surface area contributed by atoms with Gasteiger partial charge in [0.1, 0.15) is 0 Å². The number of hydrogen-bond acceptors (Lipinski definition) is 5. The predicted molar refractivity (Wildman–Crippen MR) is 88.6 cm³/mol. The third kappa shape index (κ3) is 4.62. The summed E-state index contributed by atoms with van der Waals surface area (Å²) in [6.07, 6.45) is 8.57. The van der Waals surface area contributed by atoms with Crippen LogP contribution in [0, 0.1) is 5.92 Å². The van der Waals surface area contributed by atoms with E-state index in [2.05, 4.69) is 44.9 Å². The molecule has 0 saturated carbocycles. The van der Waals surface area contributed by atoms with E-state index >= 15 is 0 Å². The predicted octanol–water partition coefficient (Wildman–Crippen LogP) is 1.03. The molecule has 1 saturated heterocycles. The van der Waals surface area contributed by atoms with Crippen molar-refractivity contribution in [1.29, 1.82) is 0 Å². The standard InChI is InChI=1S/C16H27N7/c1-3-22(10-15-8-18-21(2)9-15)12-16-13-23(20-19-16)11-14-4-6-17-7-5-14/h8-9,13-14,17H,3-7,10-12H2,1-2H3. The highest BCUT2D eigenvalue weighted by atomic mass is 15.4. The van der Waals surface area contributed by atoms with Crippen LogP contribution in [0.5, 0.6) is 0 Å². The monoisotopic (exact) mass is 317 g/mol. The molecular formula is C16H27N7. The Bertz CT molecular complexity index is 597. The van der Waals surface area contributed by atoms with Crippen molar-refractivity contribution in [3.05, 3.63) is 29.8 Å². The third-order valence-electron chi connectivity index (χ3n) is 4.49. The number of aryl methyl sites for hydroxylation is 1. The van der Waals surface area contributed by atoms with Crippen LogP contribution in [0.25, 0.3) is 0 Å². The van der Waals surface area contributed by atoms with E-state index in [1.165, 1.54) is 18.4 Å². The minimum absolute atomic E-state index is 0.725. The Labute approximate surface area is 137 Å². The minimum Gasteiger partial charge on any atom is -0.317 e. The van der Waals surface area contributed by atoms with Gasteiger partial charge in [-0.2, -0.15) is 5.10 Å². The molecule has 0 amide bonds. The molecule has 0 atom stereocenters. The van der Waals surface area contributed by atoms with Gasteiger partial charge in [-0.25, -0.2) is 0 Å². The van der Waals surface area contributed by atoms with Crippen molar-refractivity contribution in [3.8, 4) is 0 Å². The summed E-state index contributed by atoms with van der Waals surface area (Å²) in [5.74, 6) is 0.725. The SMILES string of the molecule is CCN(Cc1cnn(C)c1)Cc1cn(CC2CCNCC2)nn1. The first-order valence-electron chi connectivity index (χ1n) is 8.52. The molecule has 0 aliphatic carbocycles. The molecule has 3 heterocycles. The van der Waals surface area contributed by atoms with E-state index in [1.807, 2.05) is 22.6 Å². The maximum Gasteiger partial charge on any atom is 0.0967 e. The lowest BCUT2D eigenvalue weighted by molar-refractivity contribution is 0.268. The van der Waals surface area contributed by atoms with Gasteiger partial charge in [0.2, 0.25) is 0 Å². The van der Waals surface area contributed by atoms with Crippen LogP contribution in [0.15, 0.2) is 18.6 Å².